The minimum Gasteiger partial charge on any atom is -0.325 e. The van der Waals surface area contributed by atoms with E-state index >= 15 is 0 Å². The number of carbonyl (C=O) groups excluding carboxylic acids is 1. The van der Waals surface area contributed by atoms with Crippen LogP contribution in [0.5, 0.6) is 0 Å². The summed E-state index contributed by atoms with van der Waals surface area (Å²) in [5.74, 6) is -0.423. The Hall–Kier alpha value is -2.30. The summed E-state index contributed by atoms with van der Waals surface area (Å²) in [7, 11) is -2.39. The van der Waals surface area contributed by atoms with Gasteiger partial charge in [0.25, 0.3) is 10.0 Å². The fourth-order valence-corrected chi connectivity index (χ4v) is 6.78. The molecule has 2 heterocycles. The number of anilines is 1. The zero-order chi connectivity index (χ0) is 22.0. The molecule has 0 aliphatic heterocycles. The summed E-state index contributed by atoms with van der Waals surface area (Å²) in [5.41, 5.74) is 2.67. The zero-order valence-electron chi connectivity index (χ0n) is 16.4. The van der Waals surface area contributed by atoms with Gasteiger partial charge in [-0.25, -0.2) is 13.4 Å². The number of nitrogens with one attached hydrogen (secondary N) is 1. The van der Waals surface area contributed by atoms with Crippen molar-refractivity contribution in [2.24, 2.45) is 0 Å². The number of likely N-dealkylation sites (N-methyl/N-ethyl adjacent to an activating group) is 1. The number of fused-ring (bicyclic) bond motifs is 1. The lowest BCUT2D eigenvalue weighted by molar-refractivity contribution is -0.116. The first-order valence-corrected chi connectivity index (χ1v) is 12.7. The molecule has 160 valence electrons. The third-order valence-electron chi connectivity index (χ3n) is 4.51. The highest BCUT2D eigenvalue weighted by Gasteiger charge is 2.24. The van der Waals surface area contributed by atoms with Gasteiger partial charge in [0.05, 0.1) is 26.1 Å². The van der Waals surface area contributed by atoms with Crippen molar-refractivity contribution in [1.29, 1.82) is 0 Å². The highest BCUT2D eigenvalue weighted by Crippen LogP contribution is 2.27. The van der Waals surface area contributed by atoms with Crippen molar-refractivity contribution < 1.29 is 13.2 Å². The second kappa shape index (κ2) is 9.05. The van der Waals surface area contributed by atoms with E-state index in [9.17, 15) is 13.2 Å². The molecule has 31 heavy (non-hydrogen) atoms. The molecule has 0 saturated carbocycles. The SMILES string of the molecule is CN(CC(=O)Nc1ccc(Cc2nc3ccccc3s2)cc1)S(=O)(=O)c1ccc(Cl)s1. The number of thiazole rings is 1. The Morgan fingerprint density at radius 3 is 2.48 bits per heavy atom. The maximum atomic E-state index is 12.5. The number of halogens is 1. The van der Waals surface area contributed by atoms with Gasteiger partial charge in [0.15, 0.2) is 0 Å². The summed E-state index contributed by atoms with van der Waals surface area (Å²) in [6, 6.07) is 18.4. The average Bonchev–Trinajstić information content (AvgIpc) is 3.35. The van der Waals surface area contributed by atoms with E-state index in [0.29, 0.717) is 16.4 Å². The molecule has 0 spiro atoms. The van der Waals surface area contributed by atoms with Gasteiger partial charge in [-0.3, -0.25) is 4.79 Å². The number of rotatable bonds is 7. The van der Waals surface area contributed by atoms with Crippen LogP contribution >= 0.6 is 34.3 Å². The normalized spacial score (nSPS) is 11.8. The molecule has 0 unspecified atom stereocenters. The molecule has 0 atom stereocenters. The van der Waals surface area contributed by atoms with Crippen LogP contribution < -0.4 is 5.32 Å². The second-order valence-electron chi connectivity index (χ2n) is 6.82. The largest absolute Gasteiger partial charge is 0.325 e. The molecular weight excluding hydrogens is 474 g/mol. The molecule has 0 aliphatic rings. The molecule has 0 saturated heterocycles. The highest BCUT2D eigenvalue weighted by molar-refractivity contribution is 7.91. The van der Waals surface area contributed by atoms with Gasteiger partial charge in [0.1, 0.15) is 4.21 Å². The van der Waals surface area contributed by atoms with E-state index < -0.39 is 15.9 Å². The number of aromatic nitrogens is 1. The van der Waals surface area contributed by atoms with Gasteiger partial charge in [0, 0.05) is 19.2 Å². The summed E-state index contributed by atoms with van der Waals surface area (Å²) < 4.78 is 27.7. The van der Waals surface area contributed by atoms with E-state index in [-0.39, 0.29) is 10.8 Å². The molecule has 1 N–H and O–H groups in total. The fourth-order valence-electron chi connectivity index (χ4n) is 2.95. The van der Waals surface area contributed by atoms with Crippen molar-refractivity contribution in [2.45, 2.75) is 10.6 Å². The first kappa shape index (κ1) is 21.9. The summed E-state index contributed by atoms with van der Waals surface area (Å²) in [5, 5.41) is 3.76. The van der Waals surface area contributed by atoms with Gasteiger partial charge >= 0.3 is 0 Å². The number of para-hydroxylation sites is 1. The summed E-state index contributed by atoms with van der Waals surface area (Å²) in [6.45, 7) is -0.300. The van der Waals surface area contributed by atoms with Gasteiger partial charge in [-0.2, -0.15) is 4.31 Å². The number of thiophene rings is 1. The summed E-state index contributed by atoms with van der Waals surface area (Å²) in [4.78, 5) is 17.0. The van der Waals surface area contributed by atoms with Gasteiger partial charge in [0.2, 0.25) is 5.91 Å². The Morgan fingerprint density at radius 2 is 1.81 bits per heavy atom. The molecule has 2 aromatic carbocycles. The molecule has 0 bridgehead atoms. The number of nitrogens with zero attached hydrogens (tertiary/aromatic N) is 2. The first-order valence-electron chi connectivity index (χ1n) is 9.26. The molecule has 1 amide bonds. The molecule has 0 radical (unpaired) electrons. The van der Waals surface area contributed by atoms with E-state index in [1.54, 1.807) is 23.5 Å². The minimum absolute atomic E-state index is 0.104. The minimum atomic E-state index is -3.76. The van der Waals surface area contributed by atoms with Gasteiger partial charge in [-0.05, 0) is 42.0 Å². The van der Waals surface area contributed by atoms with Crippen LogP contribution in [-0.4, -0.2) is 37.2 Å². The van der Waals surface area contributed by atoms with Crippen molar-refractivity contribution in [3.63, 3.8) is 0 Å². The molecule has 4 rings (SSSR count). The number of hydrogen-bond donors (Lipinski definition) is 1. The molecule has 0 fully saturated rings. The predicted octanol–water partition coefficient (Wildman–Crippen LogP) is 4.86. The maximum absolute atomic E-state index is 12.5. The Bertz CT molecular complexity index is 1300. The van der Waals surface area contributed by atoms with Crippen molar-refractivity contribution in [1.82, 2.24) is 9.29 Å². The van der Waals surface area contributed by atoms with Crippen LogP contribution in [0.3, 0.4) is 0 Å². The molecule has 2 aromatic heterocycles. The molecular formula is C21H18ClN3O3S3. The smallest absolute Gasteiger partial charge is 0.252 e. The van der Waals surface area contributed by atoms with Crippen LogP contribution in [-0.2, 0) is 21.2 Å². The second-order valence-corrected chi connectivity index (χ2v) is 11.9. The van der Waals surface area contributed by atoms with Gasteiger partial charge in [-0.15, -0.1) is 22.7 Å². The van der Waals surface area contributed by atoms with Crippen LogP contribution in [0.1, 0.15) is 10.6 Å². The van der Waals surface area contributed by atoms with Crippen molar-refractivity contribution in [3.8, 4) is 0 Å². The first-order chi connectivity index (χ1) is 14.8. The van der Waals surface area contributed by atoms with Crippen molar-refractivity contribution in [2.75, 3.05) is 18.9 Å². The van der Waals surface area contributed by atoms with Crippen LogP contribution in [0.15, 0.2) is 64.9 Å². The van der Waals surface area contributed by atoms with E-state index in [2.05, 4.69) is 16.4 Å². The third kappa shape index (κ3) is 5.13. The number of benzene rings is 2. The maximum Gasteiger partial charge on any atom is 0.252 e. The Balaban J connectivity index is 1.36. The Morgan fingerprint density at radius 1 is 1.06 bits per heavy atom. The summed E-state index contributed by atoms with van der Waals surface area (Å²) >= 11 is 8.44. The quantitative estimate of drug-likeness (QED) is 0.400. The lowest BCUT2D eigenvalue weighted by Crippen LogP contribution is -2.34. The Labute approximate surface area is 193 Å². The van der Waals surface area contributed by atoms with Crippen molar-refractivity contribution in [3.05, 3.63) is 75.6 Å². The van der Waals surface area contributed by atoms with Gasteiger partial charge < -0.3 is 5.32 Å². The van der Waals surface area contributed by atoms with Crippen LogP contribution in [0.4, 0.5) is 5.69 Å². The standard InChI is InChI=1S/C21H18ClN3O3S3/c1-25(31(27,28)21-11-10-18(22)30-21)13-19(26)23-15-8-6-14(7-9-15)12-20-24-16-4-2-3-5-17(16)29-20/h2-11H,12-13H2,1H3,(H,23,26). The number of sulfonamides is 1. The van der Waals surface area contributed by atoms with E-state index in [0.717, 1.165) is 36.4 Å². The molecule has 10 heteroatoms. The third-order valence-corrected chi connectivity index (χ3v) is 9.05. The van der Waals surface area contributed by atoms with Crippen molar-refractivity contribution >= 4 is 66.1 Å². The van der Waals surface area contributed by atoms with Crippen LogP contribution in [0.25, 0.3) is 10.2 Å². The average molecular weight is 492 g/mol. The van der Waals surface area contributed by atoms with Gasteiger partial charge in [-0.1, -0.05) is 35.9 Å². The highest BCUT2D eigenvalue weighted by atomic mass is 35.5. The summed E-state index contributed by atoms with van der Waals surface area (Å²) in [6.07, 6.45) is 0.706. The molecule has 6 nitrogen and oxygen atoms in total. The Kier molecular flexibility index (Phi) is 6.40. The fraction of sp³-hybridized carbons (Fsp3) is 0.143. The van der Waals surface area contributed by atoms with Crippen LogP contribution in [0, 0.1) is 0 Å². The number of amides is 1. The lowest BCUT2D eigenvalue weighted by Gasteiger charge is -2.15. The zero-order valence-corrected chi connectivity index (χ0v) is 19.6. The number of carbonyl (C=O) groups is 1. The molecule has 0 aliphatic carbocycles. The lowest BCUT2D eigenvalue weighted by atomic mass is 10.1. The predicted molar refractivity (Wildman–Crippen MR) is 127 cm³/mol. The monoisotopic (exact) mass is 491 g/mol. The van der Waals surface area contributed by atoms with E-state index in [4.69, 9.17) is 11.6 Å². The molecule has 4 aromatic rings. The van der Waals surface area contributed by atoms with E-state index in [1.807, 2.05) is 30.3 Å². The number of hydrogen-bond acceptors (Lipinski definition) is 6. The topological polar surface area (TPSA) is 79.4 Å². The van der Waals surface area contributed by atoms with E-state index in [1.165, 1.54) is 19.2 Å². The van der Waals surface area contributed by atoms with Crippen LogP contribution in [0.2, 0.25) is 4.34 Å².